The van der Waals surface area contributed by atoms with Crippen LogP contribution >= 0.6 is 27.3 Å². The molecule has 84 valence electrons. The molecule has 1 aromatic heterocycles. The first-order valence-corrected chi connectivity index (χ1v) is 6.28. The second-order valence-corrected chi connectivity index (χ2v) is 5.17. The summed E-state index contributed by atoms with van der Waals surface area (Å²) in [4.78, 5) is 1.91. The van der Waals surface area contributed by atoms with Gasteiger partial charge in [-0.1, -0.05) is 0 Å². The number of nitrogens with zero attached hydrogens (tertiary/aromatic N) is 1. The second kappa shape index (κ2) is 4.43. The first-order valence-electron chi connectivity index (χ1n) is 4.60. The van der Waals surface area contributed by atoms with Gasteiger partial charge in [0.2, 0.25) is 0 Å². The minimum absolute atomic E-state index is 0.171. The second-order valence-electron chi connectivity index (χ2n) is 3.37. The predicted molar refractivity (Wildman–Crippen MR) is 70.9 cm³/mol. The van der Waals surface area contributed by atoms with Crippen molar-refractivity contribution in [1.82, 2.24) is 0 Å². The number of benzene rings is 1. The van der Waals surface area contributed by atoms with E-state index < -0.39 is 0 Å². The van der Waals surface area contributed by atoms with Crippen LogP contribution in [0.2, 0.25) is 0 Å². The van der Waals surface area contributed by atoms with Crippen LogP contribution in [0.4, 0.5) is 20.8 Å². The molecule has 0 aliphatic carbocycles. The van der Waals surface area contributed by atoms with E-state index in [9.17, 15) is 4.39 Å². The molecular formula is C11H10BrFN2S. The molecule has 0 atom stereocenters. The Hall–Kier alpha value is -1.07. The van der Waals surface area contributed by atoms with E-state index in [-0.39, 0.29) is 11.5 Å². The van der Waals surface area contributed by atoms with E-state index in [0.717, 1.165) is 15.2 Å². The quantitative estimate of drug-likeness (QED) is 0.850. The largest absolute Gasteiger partial charge is 0.396 e. The number of halogens is 2. The van der Waals surface area contributed by atoms with Gasteiger partial charge in [0.1, 0.15) is 5.82 Å². The van der Waals surface area contributed by atoms with E-state index >= 15 is 0 Å². The molecule has 2 nitrogen and oxygen atoms in total. The zero-order chi connectivity index (χ0) is 11.7. The standard InChI is InChI=1S/C11H10BrFN2S/c1-15(11-4-7(12)6-16-11)8-2-3-10(14)9(13)5-8/h2-6H,14H2,1H3. The molecule has 0 saturated carbocycles. The fraction of sp³-hybridized carbons (Fsp3) is 0.0909. The number of nitrogen functional groups attached to an aromatic ring is 1. The average molecular weight is 301 g/mol. The summed E-state index contributed by atoms with van der Waals surface area (Å²) < 4.78 is 14.3. The predicted octanol–water partition coefficient (Wildman–Crippen LogP) is 4.00. The van der Waals surface area contributed by atoms with Gasteiger partial charge in [-0.2, -0.15) is 0 Å². The molecule has 0 unspecified atom stereocenters. The van der Waals surface area contributed by atoms with Crippen molar-refractivity contribution < 1.29 is 4.39 Å². The molecule has 0 saturated heterocycles. The highest BCUT2D eigenvalue weighted by Crippen LogP contribution is 2.32. The van der Waals surface area contributed by atoms with Gasteiger partial charge in [0.15, 0.2) is 0 Å². The highest BCUT2D eigenvalue weighted by atomic mass is 79.9. The van der Waals surface area contributed by atoms with Gasteiger partial charge in [-0.25, -0.2) is 4.39 Å². The minimum atomic E-state index is -0.389. The summed E-state index contributed by atoms with van der Waals surface area (Å²) in [5, 5.41) is 3.02. The Morgan fingerprint density at radius 3 is 2.69 bits per heavy atom. The third kappa shape index (κ3) is 2.20. The van der Waals surface area contributed by atoms with Gasteiger partial charge in [0, 0.05) is 22.6 Å². The smallest absolute Gasteiger partial charge is 0.148 e. The summed E-state index contributed by atoms with van der Waals surface area (Å²) in [6.45, 7) is 0. The summed E-state index contributed by atoms with van der Waals surface area (Å²) in [6, 6.07) is 6.79. The number of rotatable bonds is 2. The maximum atomic E-state index is 13.3. The van der Waals surface area contributed by atoms with Crippen molar-refractivity contribution in [1.29, 1.82) is 0 Å². The van der Waals surface area contributed by atoms with Gasteiger partial charge in [-0.05, 0) is 40.2 Å². The lowest BCUT2D eigenvalue weighted by molar-refractivity contribution is 0.632. The van der Waals surface area contributed by atoms with Crippen LogP contribution in [0.25, 0.3) is 0 Å². The fourth-order valence-electron chi connectivity index (χ4n) is 1.33. The van der Waals surface area contributed by atoms with Crippen molar-refractivity contribution in [2.45, 2.75) is 0 Å². The Balaban J connectivity index is 2.33. The Morgan fingerprint density at radius 1 is 1.38 bits per heavy atom. The van der Waals surface area contributed by atoms with Crippen molar-refractivity contribution in [3.8, 4) is 0 Å². The summed E-state index contributed by atoms with van der Waals surface area (Å²) >= 11 is 4.98. The summed E-state index contributed by atoms with van der Waals surface area (Å²) in [5.74, 6) is -0.389. The summed E-state index contributed by atoms with van der Waals surface area (Å²) in [7, 11) is 1.89. The monoisotopic (exact) mass is 300 g/mol. The lowest BCUT2D eigenvalue weighted by Gasteiger charge is -2.17. The van der Waals surface area contributed by atoms with Crippen molar-refractivity contribution in [2.75, 3.05) is 17.7 Å². The van der Waals surface area contributed by atoms with Crippen molar-refractivity contribution in [3.63, 3.8) is 0 Å². The third-order valence-corrected chi connectivity index (χ3v) is 4.02. The molecule has 2 aromatic rings. The van der Waals surface area contributed by atoms with Crippen LogP contribution in [0.3, 0.4) is 0 Å². The molecule has 0 spiro atoms. The van der Waals surface area contributed by atoms with Crippen LogP contribution in [0.1, 0.15) is 0 Å². The van der Waals surface area contributed by atoms with Gasteiger partial charge < -0.3 is 10.6 Å². The lowest BCUT2D eigenvalue weighted by Crippen LogP contribution is -2.08. The maximum Gasteiger partial charge on any atom is 0.148 e. The average Bonchev–Trinajstić information content (AvgIpc) is 2.68. The summed E-state index contributed by atoms with van der Waals surface area (Å²) in [6.07, 6.45) is 0. The van der Waals surface area contributed by atoms with E-state index in [4.69, 9.17) is 5.73 Å². The summed E-state index contributed by atoms with van der Waals surface area (Å²) in [5.41, 5.74) is 6.38. The van der Waals surface area contributed by atoms with E-state index in [1.165, 1.54) is 6.07 Å². The molecule has 0 bridgehead atoms. The van der Waals surface area contributed by atoms with Gasteiger partial charge in [0.05, 0.1) is 10.7 Å². The third-order valence-electron chi connectivity index (χ3n) is 2.26. The molecule has 5 heteroatoms. The highest BCUT2D eigenvalue weighted by molar-refractivity contribution is 9.10. The van der Waals surface area contributed by atoms with Crippen molar-refractivity contribution in [3.05, 3.63) is 39.9 Å². The number of thiophene rings is 1. The molecule has 0 fully saturated rings. The van der Waals surface area contributed by atoms with E-state index in [1.54, 1.807) is 23.5 Å². The molecule has 0 radical (unpaired) electrons. The van der Waals surface area contributed by atoms with Crippen LogP contribution in [0.5, 0.6) is 0 Å². The van der Waals surface area contributed by atoms with E-state index in [2.05, 4.69) is 15.9 Å². The molecule has 1 aromatic carbocycles. The zero-order valence-electron chi connectivity index (χ0n) is 8.58. The number of hydrogen-bond donors (Lipinski definition) is 1. The number of anilines is 3. The van der Waals surface area contributed by atoms with Gasteiger partial charge >= 0.3 is 0 Å². The molecule has 2 N–H and O–H groups in total. The van der Waals surface area contributed by atoms with Crippen LogP contribution in [-0.2, 0) is 0 Å². The zero-order valence-corrected chi connectivity index (χ0v) is 11.0. The Labute approximate surface area is 106 Å². The molecule has 0 amide bonds. The normalized spacial score (nSPS) is 10.4. The van der Waals surface area contributed by atoms with E-state index in [1.807, 2.05) is 23.4 Å². The molecule has 0 aliphatic rings. The molecule has 0 aliphatic heterocycles. The Bertz CT molecular complexity index is 512. The minimum Gasteiger partial charge on any atom is -0.396 e. The van der Waals surface area contributed by atoms with Crippen LogP contribution in [0, 0.1) is 5.82 Å². The van der Waals surface area contributed by atoms with Gasteiger partial charge in [-0.3, -0.25) is 0 Å². The fourth-order valence-corrected chi connectivity index (χ4v) is 2.74. The Kier molecular flexibility index (Phi) is 3.16. The maximum absolute atomic E-state index is 13.3. The van der Waals surface area contributed by atoms with Gasteiger partial charge in [-0.15, -0.1) is 11.3 Å². The molecular weight excluding hydrogens is 291 g/mol. The topological polar surface area (TPSA) is 29.3 Å². The Morgan fingerprint density at radius 2 is 2.12 bits per heavy atom. The molecule has 1 heterocycles. The van der Waals surface area contributed by atoms with Crippen LogP contribution < -0.4 is 10.6 Å². The SMILES string of the molecule is CN(c1ccc(N)c(F)c1)c1cc(Br)cs1. The first-order chi connectivity index (χ1) is 7.58. The first kappa shape index (κ1) is 11.4. The van der Waals surface area contributed by atoms with Crippen molar-refractivity contribution in [2.24, 2.45) is 0 Å². The van der Waals surface area contributed by atoms with E-state index in [0.29, 0.717) is 0 Å². The molecule has 2 rings (SSSR count). The number of nitrogens with two attached hydrogens (primary N) is 1. The molecule has 16 heavy (non-hydrogen) atoms. The van der Waals surface area contributed by atoms with Crippen LogP contribution in [-0.4, -0.2) is 7.05 Å². The number of hydrogen-bond acceptors (Lipinski definition) is 3. The lowest BCUT2D eigenvalue weighted by atomic mass is 10.2. The van der Waals surface area contributed by atoms with Crippen molar-refractivity contribution >= 4 is 43.6 Å². The highest BCUT2D eigenvalue weighted by Gasteiger charge is 2.08. The van der Waals surface area contributed by atoms with Gasteiger partial charge in [0.25, 0.3) is 0 Å². The van der Waals surface area contributed by atoms with Crippen LogP contribution in [0.15, 0.2) is 34.1 Å².